The number of hydrogen-bond donors (Lipinski definition) is 2. The van der Waals surface area contributed by atoms with Crippen molar-refractivity contribution in [3.05, 3.63) is 66.2 Å². The molecule has 3 heterocycles. The average Bonchev–Trinajstić information content (AvgIpc) is 3.23. The van der Waals surface area contributed by atoms with Gasteiger partial charge in [-0.25, -0.2) is 4.98 Å². The summed E-state index contributed by atoms with van der Waals surface area (Å²) in [6, 6.07) is 19.5. The molecule has 2 aromatic heterocycles. The fraction of sp³-hybridized carbons (Fsp3) is 0.208. The Kier molecular flexibility index (Phi) is 4.88. The predicted octanol–water partition coefficient (Wildman–Crippen LogP) is 3.14. The molecule has 0 unspecified atom stereocenters. The number of nitrogens with zero attached hydrogens (tertiary/aromatic N) is 4. The van der Waals surface area contributed by atoms with Gasteiger partial charge in [-0.15, -0.1) is 0 Å². The fourth-order valence-corrected chi connectivity index (χ4v) is 4.07. The normalized spacial score (nSPS) is 14.8. The number of fused-ring (bicyclic) bond motifs is 1. The van der Waals surface area contributed by atoms with Crippen LogP contribution >= 0.6 is 0 Å². The lowest BCUT2D eigenvalue weighted by atomic mass is 10.0. The average molecular weight is 412 g/mol. The highest BCUT2D eigenvalue weighted by Crippen LogP contribution is 2.30. The molecule has 4 aromatic rings. The van der Waals surface area contributed by atoms with E-state index in [4.69, 9.17) is 10.7 Å². The second-order valence-corrected chi connectivity index (χ2v) is 7.91. The van der Waals surface area contributed by atoms with Crippen LogP contribution in [-0.4, -0.2) is 59.2 Å². The van der Waals surface area contributed by atoms with E-state index >= 15 is 0 Å². The number of piperazine rings is 1. The van der Waals surface area contributed by atoms with Crippen molar-refractivity contribution in [1.82, 2.24) is 20.1 Å². The van der Waals surface area contributed by atoms with Gasteiger partial charge in [-0.05, 0) is 37.4 Å². The first kappa shape index (κ1) is 19.3. The molecule has 1 fully saturated rings. The monoisotopic (exact) mass is 412 g/mol. The highest BCUT2D eigenvalue weighted by atomic mass is 16.1. The maximum absolute atomic E-state index is 11.8. The number of primary amides is 1. The van der Waals surface area contributed by atoms with Crippen LogP contribution in [0.25, 0.3) is 33.5 Å². The zero-order chi connectivity index (χ0) is 21.4. The van der Waals surface area contributed by atoms with Crippen molar-refractivity contribution < 1.29 is 4.79 Å². The topological polar surface area (TPSA) is 91.1 Å². The van der Waals surface area contributed by atoms with E-state index < -0.39 is 5.91 Å². The molecule has 1 aliphatic heterocycles. The zero-order valence-corrected chi connectivity index (χ0v) is 17.4. The van der Waals surface area contributed by atoms with Gasteiger partial charge in [0.05, 0.1) is 11.2 Å². The Morgan fingerprint density at radius 3 is 2.45 bits per heavy atom. The van der Waals surface area contributed by atoms with Gasteiger partial charge in [-0.3, -0.25) is 9.89 Å². The Hall–Kier alpha value is -3.71. The van der Waals surface area contributed by atoms with Crippen molar-refractivity contribution in [3.63, 3.8) is 0 Å². The lowest BCUT2D eigenvalue weighted by Crippen LogP contribution is -2.44. The molecule has 0 spiro atoms. The third-order valence-corrected chi connectivity index (χ3v) is 5.89. The summed E-state index contributed by atoms with van der Waals surface area (Å²) in [5, 5.41) is 7.58. The van der Waals surface area contributed by atoms with Gasteiger partial charge in [0.15, 0.2) is 0 Å². The molecule has 0 saturated carbocycles. The van der Waals surface area contributed by atoms with Gasteiger partial charge in [0.25, 0.3) is 0 Å². The standard InChI is InChI=1S/C24H24N6O/c1-29-12-14-30(15-13-29)17-8-6-16(7-9-17)22-23-21(27-28-22)11-10-20(26-23)18-4-2-3-5-19(18)24(25)31/h2-11H,12-15H2,1H3,(H2,25,31)(H,27,28). The number of hydrogen-bond acceptors (Lipinski definition) is 5. The molecule has 1 amide bonds. The smallest absolute Gasteiger partial charge is 0.249 e. The first-order valence-corrected chi connectivity index (χ1v) is 10.4. The second kappa shape index (κ2) is 7.85. The molecule has 2 aromatic carbocycles. The minimum Gasteiger partial charge on any atom is -0.369 e. The number of H-pyrrole nitrogens is 1. The van der Waals surface area contributed by atoms with E-state index in [2.05, 4.69) is 51.3 Å². The van der Waals surface area contributed by atoms with Crippen molar-refractivity contribution in [3.8, 4) is 22.5 Å². The highest BCUT2D eigenvalue weighted by molar-refractivity contribution is 6.00. The van der Waals surface area contributed by atoms with E-state index in [0.29, 0.717) is 11.3 Å². The Balaban J connectivity index is 1.50. The minimum atomic E-state index is -0.468. The van der Waals surface area contributed by atoms with Crippen molar-refractivity contribution in [2.45, 2.75) is 0 Å². The zero-order valence-electron chi connectivity index (χ0n) is 17.4. The third-order valence-electron chi connectivity index (χ3n) is 5.89. The maximum atomic E-state index is 11.8. The number of pyridine rings is 1. The van der Waals surface area contributed by atoms with Crippen LogP contribution < -0.4 is 10.6 Å². The number of carbonyl (C=O) groups excluding carboxylic acids is 1. The summed E-state index contributed by atoms with van der Waals surface area (Å²) in [5.74, 6) is -0.468. The Labute approximate surface area is 180 Å². The highest BCUT2D eigenvalue weighted by Gasteiger charge is 2.17. The Morgan fingerprint density at radius 2 is 1.71 bits per heavy atom. The number of amides is 1. The minimum absolute atomic E-state index is 0.455. The quantitative estimate of drug-likeness (QED) is 0.537. The lowest BCUT2D eigenvalue weighted by molar-refractivity contribution is 0.100. The van der Waals surface area contributed by atoms with E-state index in [9.17, 15) is 4.79 Å². The number of aromatic amines is 1. The van der Waals surface area contributed by atoms with E-state index in [-0.39, 0.29) is 0 Å². The summed E-state index contributed by atoms with van der Waals surface area (Å²) in [6.45, 7) is 4.22. The summed E-state index contributed by atoms with van der Waals surface area (Å²) in [6.07, 6.45) is 0. The summed E-state index contributed by atoms with van der Waals surface area (Å²) in [5.41, 5.74) is 12.0. The van der Waals surface area contributed by atoms with Crippen molar-refractivity contribution in [1.29, 1.82) is 0 Å². The third kappa shape index (κ3) is 3.64. The van der Waals surface area contributed by atoms with Crippen LogP contribution in [-0.2, 0) is 0 Å². The fourth-order valence-electron chi connectivity index (χ4n) is 4.07. The summed E-state index contributed by atoms with van der Waals surface area (Å²) in [7, 11) is 2.16. The van der Waals surface area contributed by atoms with Crippen molar-refractivity contribution in [2.24, 2.45) is 5.73 Å². The van der Waals surface area contributed by atoms with E-state index in [1.54, 1.807) is 12.1 Å². The van der Waals surface area contributed by atoms with Crippen LogP contribution in [0.5, 0.6) is 0 Å². The maximum Gasteiger partial charge on any atom is 0.249 e. The van der Waals surface area contributed by atoms with Crippen LogP contribution in [0.2, 0.25) is 0 Å². The number of likely N-dealkylation sites (N-methyl/N-ethyl adjacent to an activating group) is 1. The number of carbonyl (C=O) groups is 1. The SMILES string of the molecule is CN1CCN(c2ccc(-c3n[nH]c4ccc(-c5ccccc5C(N)=O)nc34)cc2)CC1. The van der Waals surface area contributed by atoms with Crippen LogP contribution in [0.15, 0.2) is 60.7 Å². The van der Waals surface area contributed by atoms with Gasteiger partial charge < -0.3 is 15.5 Å². The number of anilines is 1. The van der Waals surface area contributed by atoms with Crippen LogP contribution in [0.3, 0.4) is 0 Å². The largest absolute Gasteiger partial charge is 0.369 e. The van der Waals surface area contributed by atoms with Crippen LogP contribution in [0.4, 0.5) is 5.69 Å². The molecule has 0 aliphatic carbocycles. The number of benzene rings is 2. The van der Waals surface area contributed by atoms with Crippen LogP contribution in [0.1, 0.15) is 10.4 Å². The summed E-state index contributed by atoms with van der Waals surface area (Å²) < 4.78 is 0. The van der Waals surface area contributed by atoms with Gasteiger partial charge in [0.2, 0.25) is 5.91 Å². The molecule has 1 aliphatic rings. The molecular formula is C24H24N6O. The molecular weight excluding hydrogens is 388 g/mol. The molecule has 31 heavy (non-hydrogen) atoms. The molecule has 1 saturated heterocycles. The van der Waals surface area contributed by atoms with E-state index in [1.807, 2.05) is 24.3 Å². The van der Waals surface area contributed by atoms with Gasteiger partial charge in [-0.2, -0.15) is 5.10 Å². The first-order chi connectivity index (χ1) is 15.1. The Morgan fingerprint density at radius 1 is 0.968 bits per heavy atom. The first-order valence-electron chi connectivity index (χ1n) is 10.4. The second-order valence-electron chi connectivity index (χ2n) is 7.91. The van der Waals surface area contributed by atoms with E-state index in [0.717, 1.165) is 54.0 Å². The lowest BCUT2D eigenvalue weighted by Gasteiger charge is -2.34. The van der Waals surface area contributed by atoms with Crippen molar-refractivity contribution in [2.75, 3.05) is 38.1 Å². The molecule has 3 N–H and O–H groups in total. The van der Waals surface area contributed by atoms with Crippen molar-refractivity contribution >= 4 is 22.6 Å². The molecule has 7 nitrogen and oxygen atoms in total. The molecule has 0 atom stereocenters. The Bertz CT molecular complexity index is 1240. The van der Waals surface area contributed by atoms with E-state index in [1.165, 1.54) is 5.69 Å². The molecule has 7 heteroatoms. The summed E-state index contributed by atoms with van der Waals surface area (Å²) >= 11 is 0. The molecule has 156 valence electrons. The number of nitrogens with one attached hydrogen (secondary N) is 1. The van der Waals surface area contributed by atoms with Crippen LogP contribution in [0, 0.1) is 0 Å². The molecule has 0 radical (unpaired) electrons. The van der Waals surface area contributed by atoms with Gasteiger partial charge in [0.1, 0.15) is 11.2 Å². The van der Waals surface area contributed by atoms with Gasteiger partial charge in [0, 0.05) is 48.6 Å². The number of aromatic nitrogens is 3. The predicted molar refractivity (Wildman–Crippen MR) is 123 cm³/mol. The van der Waals surface area contributed by atoms with Gasteiger partial charge in [-0.1, -0.05) is 30.3 Å². The summed E-state index contributed by atoms with van der Waals surface area (Å²) in [4.78, 5) is 21.4. The number of nitrogens with two attached hydrogens (primary N) is 1. The van der Waals surface area contributed by atoms with Gasteiger partial charge >= 0.3 is 0 Å². The number of rotatable bonds is 4. The molecule has 5 rings (SSSR count). The molecule has 0 bridgehead atoms.